The summed E-state index contributed by atoms with van der Waals surface area (Å²) in [7, 11) is 0. The minimum Gasteiger partial charge on any atom is -0.409 e. The van der Waals surface area contributed by atoms with E-state index in [1.807, 2.05) is 0 Å². The second kappa shape index (κ2) is 6.17. The fourth-order valence-corrected chi connectivity index (χ4v) is 2.49. The summed E-state index contributed by atoms with van der Waals surface area (Å²) in [5.74, 6) is -0.153. The number of aromatic nitrogens is 3. The Morgan fingerprint density at radius 1 is 1.53 bits per heavy atom. The Hall–Kier alpha value is -2.12. The van der Waals surface area contributed by atoms with Crippen LogP contribution in [0.2, 0.25) is 0 Å². The van der Waals surface area contributed by atoms with Crippen LogP contribution in [-0.4, -0.2) is 38.4 Å². The number of hydrogen-bond acceptors (Lipinski definition) is 5. The van der Waals surface area contributed by atoms with Gasteiger partial charge in [-0.2, -0.15) is 15.4 Å². The molecular weight excluding hydrogens is 248 g/mol. The molecule has 1 saturated carbocycles. The lowest BCUT2D eigenvalue weighted by Gasteiger charge is -2.29. The number of oxime groups is 1. The second-order valence-corrected chi connectivity index (χ2v) is 4.73. The molecule has 1 unspecified atom stereocenters. The number of amidine groups is 1. The maximum Gasteiger partial charge on any atom is 0.274 e. The van der Waals surface area contributed by atoms with E-state index in [2.05, 4.69) is 25.9 Å². The van der Waals surface area contributed by atoms with E-state index in [1.165, 1.54) is 12.6 Å². The Morgan fingerprint density at radius 3 is 2.84 bits per heavy atom. The molecule has 1 fully saturated rings. The van der Waals surface area contributed by atoms with E-state index in [9.17, 15) is 4.79 Å². The molecule has 0 spiro atoms. The molecule has 1 aliphatic rings. The SMILES string of the molecule is NC(=NO)C(NC(=O)c1cn[nH]n1)C1CCCCC1. The van der Waals surface area contributed by atoms with Crippen molar-refractivity contribution in [3.05, 3.63) is 11.9 Å². The lowest BCUT2D eigenvalue weighted by atomic mass is 9.83. The van der Waals surface area contributed by atoms with Gasteiger partial charge < -0.3 is 16.3 Å². The third-order valence-corrected chi connectivity index (χ3v) is 3.49. The molecular formula is C11H18N6O2. The number of amides is 1. The summed E-state index contributed by atoms with van der Waals surface area (Å²) < 4.78 is 0. The quantitative estimate of drug-likeness (QED) is 0.268. The zero-order valence-electron chi connectivity index (χ0n) is 10.5. The predicted octanol–water partition coefficient (Wildman–Crippen LogP) is 0.230. The van der Waals surface area contributed by atoms with Crippen molar-refractivity contribution in [3.63, 3.8) is 0 Å². The van der Waals surface area contributed by atoms with Crippen LogP contribution < -0.4 is 11.1 Å². The first-order valence-corrected chi connectivity index (χ1v) is 6.36. The molecule has 1 heterocycles. The molecule has 104 valence electrons. The number of H-pyrrole nitrogens is 1. The van der Waals surface area contributed by atoms with Gasteiger partial charge in [0, 0.05) is 0 Å². The van der Waals surface area contributed by atoms with Gasteiger partial charge in [-0.3, -0.25) is 4.79 Å². The Bertz CT molecular complexity index is 438. The highest BCUT2D eigenvalue weighted by atomic mass is 16.4. The first kappa shape index (κ1) is 13.3. The smallest absolute Gasteiger partial charge is 0.274 e. The lowest BCUT2D eigenvalue weighted by molar-refractivity contribution is 0.0925. The summed E-state index contributed by atoms with van der Waals surface area (Å²) in [5.41, 5.74) is 5.88. The molecule has 8 heteroatoms. The van der Waals surface area contributed by atoms with E-state index >= 15 is 0 Å². The third-order valence-electron chi connectivity index (χ3n) is 3.49. The largest absolute Gasteiger partial charge is 0.409 e. The van der Waals surface area contributed by atoms with Crippen LogP contribution in [0.3, 0.4) is 0 Å². The molecule has 19 heavy (non-hydrogen) atoms. The normalized spacial score (nSPS) is 19.1. The molecule has 1 amide bonds. The molecule has 0 saturated heterocycles. The molecule has 0 radical (unpaired) electrons. The van der Waals surface area contributed by atoms with Crippen LogP contribution >= 0.6 is 0 Å². The van der Waals surface area contributed by atoms with Gasteiger partial charge in [0.05, 0.1) is 12.2 Å². The highest BCUT2D eigenvalue weighted by Gasteiger charge is 2.29. The van der Waals surface area contributed by atoms with E-state index in [0.29, 0.717) is 0 Å². The van der Waals surface area contributed by atoms with Crippen molar-refractivity contribution in [3.8, 4) is 0 Å². The number of nitrogens with zero attached hydrogens (tertiary/aromatic N) is 3. The minimum atomic E-state index is -0.463. The fraction of sp³-hybridized carbons (Fsp3) is 0.636. The number of rotatable bonds is 4. The summed E-state index contributed by atoms with van der Waals surface area (Å²) in [5, 5.41) is 24.3. The van der Waals surface area contributed by atoms with Crippen LogP contribution in [-0.2, 0) is 0 Å². The molecule has 8 nitrogen and oxygen atoms in total. The number of carbonyl (C=O) groups excluding carboxylic acids is 1. The topological polar surface area (TPSA) is 129 Å². The van der Waals surface area contributed by atoms with Gasteiger partial charge in [0.25, 0.3) is 5.91 Å². The molecule has 1 aromatic rings. The zero-order valence-corrected chi connectivity index (χ0v) is 10.5. The van der Waals surface area contributed by atoms with Crippen LogP contribution in [0.5, 0.6) is 0 Å². The van der Waals surface area contributed by atoms with E-state index in [0.717, 1.165) is 25.7 Å². The van der Waals surface area contributed by atoms with E-state index in [-0.39, 0.29) is 23.4 Å². The molecule has 5 N–H and O–H groups in total. The van der Waals surface area contributed by atoms with Crippen molar-refractivity contribution in [2.24, 2.45) is 16.8 Å². The van der Waals surface area contributed by atoms with Gasteiger partial charge in [-0.1, -0.05) is 24.4 Å². The van der Waals surface area contributed by atoms with E-state index in [4.69, 9.17) is 10.9 Å². The summed E-state index contributed by atoms with van der Waals surface area (Å²) >= 11 is 0. The van der Waals surface area contributed by atoms with Crippen LogP contribution in [0.1, 0.15) is 42.6 Å². The van der Waals surface area contributed by atoms with Gasteiger partial charge >= 0.3 is 0 Å². The Morgan fingerprint density at radius 2 is 2.26 bits per heavy atom. The maximum absolute atomic E-state index is 12.0. The summed E-state index contributed by atoms with van der Waals surface area (Å²) in [6.07, 6.45) is 6.63. The Balaban J connectivity index is 2.07. The van der Waals surface area contributed by atoms with Crippen LogP contribution in [0.15, 0.2) is 11.4 Å². The maximum atomic E-state index is 12.0. The van der Waals surface area contributed by atoms with Crippen LogP contribution in [0, 0.1) is 5.92 Å². The summed E-state index contributed by atoms with van der Waals surface area (Å²) in [6.45, 7) is 0. The van der Waals surface area contributed by atoms with Crippen molar-refractivity contribution in [2.75, 3.05) is 0 Å². The monoisotopic (exact) mass is 266 g/mol. The molecule has 0 bridgehead atoms. The Kier molecular flexibility index (Phi) is 4.32. The van der Waals surface area contributed by atoms with Crippen molar-refractivity contribution in [1.82, 2.24) is 20.7 Å². The number of carbonyl (C=O) groups is 1. The highest BCUT2D eigenvalue weighted by Crippen LogP contribution is 2.26. The average molecular weight is 266 g/mol. The first-order valence-electron chi connectivity index (χ1n) is 6.36. The molecule has 1 atom stereocenters. The number of nitrogens with one attached hydrogen (secondary N) is 2. The standard InChI is InChI=1S/C11H18N6O2/c12-10(16-19)9(7-4-2-1-3-5-7)14-11(18)8-6-13-17-15-8/h6-7,9,19H,1-5H2,(H2,12,16)(H,14,18)(H,13,15,17). The van der Waals surface area contributed by atoms with Crippen molar-refractivity contribution in [1.29, 1.82) is 0 Å². The summed E-state index contributed by atoms with van der Waals surface area (Å²) in [6, 6.07) is -0.463. The zero-order chi connectivity index (χ0) is 13.7. The van der Waals surface area contributed by atoms with Gasteiger partial charge in [-0.05, 0) is 18.8 Å². The van der Waals surface area contributed by atoms with Gasteiger partial charge in [-0.15, -0.1) is 0 Å². The fourth-order valence-electron chi connectivity index (χ4n) is 2.49. The number of aromatic amines is 1. The lowest BCUT2D eigenvalue weighted by Crippen LogP contribution is -2.49. The minimum absolute atomic E-state index is 0.0312. The first-order chi connectivity index (χ1) is 9.22. The predicted molar refractivity (Wildman–Crippen MR) is 67.6 cm³/mol. The number of hydrogen-bond donors (Lipinski definition) is 4. The number of nitrogens with two attached hydrogens (primary N) is 1. The van der Waals surface area contributed by atoms with Crippen molar-refractivity contribution >= 4 is 11.7 Å². The van der Waals surface area contributed by atoms with Crippen molar-refractivity contribution in [2.45, 2.75) is 38.1 Å². The van der Waals surface area contributed by atoms with Gasteiger partial charge in [0.1, 0.15) is 0 Å². The van der Waals surface area contributed by atoms with Gasteiger partial charge in [0.15, 0.2) is 11.5 Å². The van der Waals surface area contributed by atoms with Gasteiger partial charge in [0.2, 0.25) is 0 Å². The van der Waals surface area contributed by atoms with E-state index < -0.39 is 6.04 Å². The molecule has 0 aliphatic heterocycles. The molecule has 1 aromatic heterocycles. The van der Waals surface area contributed by atoms with Crippen LogP contribution in [0.25, 0.3) is 0 Å². The second-order valence-electron chi connectivity index (χ2n) is 4.73. The molecule has 2 rings (SSSR count). The van der Waals surface area contributed by atoms with Crippen LogP contribution in [0.4, 0.5) is 0 Å². The molecule has 1 aliphatic carbocycles. The molecule has 0 aromatic carbocycles. The van der Waals surface area contributed by atoms with E-state index in [1.54, 1.807) is 0 Å². The highest BCUT2D eigenvalue weighted by molar-refractivity contribution is 5.96. The summed E-state index contributed by atoms with van der Waals surface area (Å²) in [4.78, 5) is 12.0. The Labute approximate surface area is 110 Å². The third kappa shape index (κ3) is 3.21. The average Bonchev–Trinajstić information content (AvgIpc) is 2.99. The van der Waals surface area contributed by atoms with Gasteiger partial charge in [-0.25, -0.2) is 0 Å². The van der Waals surface area contributed by atoms with Crippen molar-refractivity contribution < 1.29 is 10.0 Å².